The fourth-order valence-corrected chi connectivity index (χ4v) is 4.52. The number of nitrogens with zero attached hydrogens (tertiary/aromatic N) is 4. The summed E-state index contributed by atoms with van der Waals surface area (Å²) in [5.41, 5.74) is 6.78. The zero-order valence-electron chi connectivity index (χ0n) is 18.2. The molecule has 12 heteroatoms. The van der Waals surface area contributed by atoms with Crippen LogP contribution in [0.1, 0.15) is 6.42 Å². The molecule has 0 saturated carbocycles. The number of piperazine rings is 1. The Kier molecular flexibility index (Phi) is 7.96. The lowest BCUT2D eigenvalue weighted by molar-refractivity contribution is 0.185. The van der Waals surface area contributed by atoms with Gasteiger partial charge in [-0.1, -0.05) is 12.1 Å². The second-order valence-electron chi connectivity index (χ2n) is 7.34. The molecule has 1 fully saturated rings. The normalized spacial score (nSPS) is 15.4. The number of carbonyl (C=O) groups excluding carboxylic acids is 1. The summed E-state index contributed by atoms with van der Waals surface area (Å²) in [4.78, 5) is 22.5. The Morgan fingerprint density at radius 2 is 1.88 bits per heavy atom. The highest BCUT2D eigenvalue weighted by Crippen LogP contribution is 2.25. The summed E-state index contributed by atoms with van der Waals surface area (Å²) >= 11 is 0. The van der Waals surface area contributed by atoms with Gasteiger partial charge in [0.1, 0.15) is 0 Å². The Morgan fingerprint density at radius 3 is 2.53 bits per heavy atom. The molecule has 1 saturated heterocycles. The number of sulfonamides is 1. The largest absolute Gasteiger partial charge is 0.414 e. The van der Waals surface area contributed by atoms with Gasteiger partial charge < -0.3 is 25.4 Å². The van der Waals surface area contributed by atoms with Gasteiger partial charge in [-0.05, 0) is 25.6 Å². The van der Waals surface area contributed by atoms with Crippen LogP contribution in [0.2, 0.25) is 0 Å². The van der Waals surface area contributed by atoms with Gasteiger partial charge >= 0.3 is 6.09 Å². The first-order valence-corrected chi connectivity index (χ1v) is 11.6. The van der Waals surface area contributed by atoms with E-state index in [0.717, 1.165) is 0 Å². The number of nitrogens with two attached hydrogens (primary N) is 1. The summed E-state index contributed by atoms with van der Waals surface area (Å²) in [6, 6.07) is 6.34. The fraction of sp³-hybridized carbons (Fsp3) is 0.450. The third kappa shape index (κ3) is 5.91. The van der Waals surface area contributed by atoms with Crippen molar-refractivity contribution in [2.45, 2.75) is 11.3 Å². The molecule has 0 spiro atoms. The molecule has 1 aromatic heterocycles. The highest BCUT2D eigenvalue weighted by atomic mass is 32.2. The van der Waals surface area contributed by atoms with Crippen molar-refractivity contribution in [1.82, 2.24) is 24.5 Å². The molecule has 0 radical (unpaired) electrons. The molecule has 11 nitrogen and oxygen atoms in total. The van der Waals surface area contributed by atoms with Crippen LogP contribution in [0.3, 0.4) is 0 Å². The first kappa shape index (κ1) is 23.9. The number of methoxy groups -OCH3 is 1. The molecular formula is C20H28N6O5S. The molecule has 0 bridgehead atoms. The first-order valence-electron chi connectivity index (χ1n) is 10.2. The average Bonchev–Trinajstić information content (AvgIpc) is 2.78. The molecule has 1 aliphatic heterocycles. The minimum absolute atomic E-state index is 0.0324. The molecule has 3 N–H and O–H groups in total. The molecule has 1 amide bonds. The van der Waals surface area contributed by atoms with E-state index in [1.54, 1.807) is 19.2 Å². The Hall–Kier alpha value is -2.80. The molecule has 32 heavy (non-hydrogen) atoms. The number of ether oxygens (including phenoxy) is 2. The first-order chi connectivity index (χ1) is 15.3. The van der Waals surface area contributed by atoms with E-state index in [9.17, 15) is 13.2 Å². The monoisotopic (exact) mass is 464 g/mol. The highest BCUT2D eigenvalue weighted by molar-refractivity contribution is 7.89. The van der Waals surface area contributed by atoms with E-state index in [2.05, 4.69) is 20.2 Å². The van der Waals surface area contributed by atoms with Crippen LogP contribution in [0.4, 0.5) is 10.6 Å². The van der Waals surface area contributed by atoms with E-state index >= 15 is 0 Å². The van der Waals surface area contributed by atoms with Crippen molar-refractivity contribution in [2.75, 3.05) is 59.2 Å². The molecule has 0 atom stereocenters. The van der Waals surface area contributed by atoms with Crippen LogP contribution in [-0.2, 0) is 14.8 Å². The molecule has 1 aliphatic rings. The Balaban J connectivity index is 1.70. The molecule has 2 aromatic rings. The number of hydrogen-bond donors (Lipinski definition) is 2. The summed E-state index contributed by atoms with van der Waals surface area (Å²) in [6.45, 7) is 3.19. The van der Waals surface area contributed by atoms with Crippen LogP contribution in [0.25, 0.3) is 11.3 Å². The van der Waals surface area contributed by atoms with Crippen molar-refractivity contribution >= 4 is 21.9 Å². The maximum absolute atomic E-state index is 12.9. The molecule has 174 valence electrons. The summed E-state index contributed by atoms with van der Waals surface area (Å²) < 4.78 is 37.3. The van der Waals surface area contributed by atoms with Gasteiger partial charge in [-0.15, -0.1) is 0 Å². The van der Waals surface area contributed by atoms with E-state index in [4.69, 9.17) is 15.2 Å². The van der Waals surface area contributed by atoms with Gasteiger partial charge in [0.2, 0.25) is 10.0 Å². The van der Waals surface area contributed by atoms with Crippen LogP contribution < -0.4 is 15.8 Å². The second kappa shape index (κ2) is 10.7. The number of aromatic nitrogens is 2. The minimum atomic E-state index is -3.56. The zero-order valence-corrected chi connectivity index (χ0v) is 19.0. The smallest absolute Gasteiger partial charge is 0.387 e. The van der Waals surface area contributed by atoms with Gasteiger partial charge in [0.15, 0.2) is 5.82 Å². The number of rotatable bonds is 8. The molecular weight excluding hydrogens is 436 g/mol. The van der Waals surface area contributed by atoms with Crippen molar-refractivity contribution in [3.63, 3.8) is 0 Å². The summed E-state index contributed by atoms with van der Waals surface area (Å²) in [6.07, 6.45) is 1.37. The van der Waals surface area contributed by atoms with Crippen molar-refractivity contribution in [3.8, 4) is 17.1 Å². The second-order valence-corrected chi connectivity index (χ2v) is 9.28. The average molecular weight is 465 g/mol. The van der Waals surface area contributed by atoms with E-state index < -0.39 is 16.1 Å². The van der Waals surface area contributed by atoms with Crippen molar-refractivity contribution in [1.29, 1.82) is 0 Å². The number of amides is 1. The molecule has 2 heterocycles. The minimum Gasteiger partial charge on any atom is -0.387 e. The van der Waals surface area contributed by atoms with E-state index in [1.165, 1.54) is 22.6 Å². The van der Waals surface area contributed by atoms with Crippen molar-refractivity contribution in [3.05, 3.63) is 30.5 Å². The topological polar surface area (TPSA) is 140 Å². The zero-order chi connectivity index (χ0) is 23.1. The number of nitrogen functional groups attached to an aromatic ring is 1. The Labute approximate surface area is 187 Å². The molecule has 0 unspecified atom stereocenters. The maximum atomic E-state index is 12.9. The Bertz CT molecular complexity index is 1020. The number of anilines is 1. The van der Waals surface area contributed by atoms with Crippen molar-refractivity contribution < 1.29 is 22.7 Å². The van der Waals surface area contributed by atoms with Crippen molar-refractivity contribution in [2.24, 2.45) is 0 Å². The highest BCUT2D eigenvalue weighted by Gasteiger charge is 2.27. The number of carbonyl (C=O) groups is 1. The summed E-state index contributed by atoms with van der Waals surface area (Å²) in [7, 11) is -0.0187. The van der Waals surface area contributed by atoms with Gasteiger partial charge in [0.05, 0.1) is 16.8 Å². The molecule has 3 rings (SSSR count). The maximum Gasteiger partial charge on any atom is 0.414 e. The van der Waals surface area contributed by atoms with E-state index in [0.29, 0.717) is 57.0 Å². The van der Waals surface area contributed by atoms with E-state index in [-0.39, 0.29) is 16.6 Å². The predicted octanol–water partition coefficient (Wildman–Crippen LogP) is 0.787. The lowest BCUT2D eigenvalue weighted by Crippen LogP contribution is -2.46. The van der Waals surface area contributed by atoms with Crippen LogP contribution >= 0.6 is 0 Å². The SMILES string of the molecule is COCCCNC(=O)Oc1nc(-c2ccc(S(=O)(=O)N3CCN(C)CC3)cc2)cnc1N. The number of benzene rings is 1. The van der Waals surface area contributed by atoms with Crippen LogP contribution in [0.5, 0.6) is 5.88 Å². The quantitative estimate of drug-likeness (QED) is 0.542. The van der Waals surface area contributed by atoms with Crippen LogP contribution in [-0.4, -0.2) is 87.2 Å². The third-order valence-electron chi connectivity index (χ3n) is 5.00. The third-order valence-corrected chi connectivity index (χ3v) is 6.91. The summed E-state index contributed by atoms with van der Waals surface area (Å²) in [5.74, 6) is -0.157. The fourth-order valence-electron chi connectivity index (χ4n) is 3.10. The predicted molar refractivity (Wildman–Crippen MR) is 119 cm³/mol. The molecule has 1 aromatic carbocycles. The number of nitrogens with one attached hydrogen (secondary N) is 1. The lowest BCUT2D eigenvalue weighted by Gasteiger charge is -2.31. The molecule has 0 aliphatic carbocycles. The van der Waals surface area contributed by atoms with Crippen LogP contribution in [0, 0.1) is 0 Å². The standard InChI is InChI=1S/C20H28N6O5S/c1-25-9-11-26(12-10-25)32(28,29)16-6-4-15(5-7-16)17-14-23-18(21)19(24-17)31-20(27)22-8-3-13-30-2/h4-7,14H,3,8-13H2,1-2H3,(H2,21,23)(H,22,27). The van der Waals surface area contributed by atoms with Crippen LogP contribution in [0.15, 0.2) is 35.4 Å². The van der Waals surface area contributed by atoms with Gasteiger partial charge in [-0.3, -0.25) is 0 Å². The van der Waals surface area contributed by atoms with Gasteiger partial charge in [0, 0.05) is 52.0 Å². The van der Waals surface area contributed by atoms with Gasteiger partial charge in [0.25, 0.3) is 5.88 Å². The van der Waals surface area contributed by atoms with Gasteiger partial charge in [-0.25, -0.2) is 23.2 Å². The Morgan fingerprint density at radius 1 is 1.19 bits per heavy atom. The van der Waals surface area contributed by atoms with Gasteiger partial charge in [-0.2, -0.15) is 4.31 Å². The van der Waals surface area contributed by atoms with E-state index in [1.807, 2.05) is 7.05 Å². The number of hydrogen-bond acceptors (Lipinski definition) is 9. The summed E-state index contributed by atoms with van der Waals surface area (Å²) in [5, 5.41) is 2.57. The number of likely N-dealkylation sites (N-methyl/N-ethyl adjacent to an activating group) is 1. The lowest BCUT2D eigenvalue weighted by atomic mass is 10.2.